The fourth-order valence-corrected chi connectivity index (χ4v) is 2.97. The summed E-state index contributed by atoms with van der Waals surface area (Å²) < 4.78 is 0. The van der Waals surface area contributed by atoms with Crippen LogP contribution >= 0.6 is 11.3 Å². The Morgan fingerprint density at radius 1 is 1.67 bits per heavy atom. The number of hydrogen-bond donors (Lipinski definition) is 1. The predicted octanol–water partition coefficient (Wildman–Crippen LogP) is 1.70. The Kier molecular flexibility index (Phi) is 2.15. The predicted molar refractivity (Wildman–Crippen MR) is 51.8 cm³/mol. The summed E-state index contributed by atoms with van der Waals surface area (Å²) in [6.45, 7) is 3.20. The Labute approximate surface area is 77.0 Å². The first kappa shape index (κ1) is 8.20. The van der Waals surface area contributed by atoms with Crippen molar-refractivity contribution in [3.63, 3.8) is 0 Å². The van der Waals surface area contributed by atoms with Gasteiger partial charge in [0.05, 0.1) is 10.7 Å². The van der Waals surface area contributed by atoms with Gasteiger partial charge in [-0.2, -0.15) is 0 Å². The van der Waals surface area contributed by atoms with Crippen LogP contribution in [0.2, 0.25) is 0 Å². The van der Waals surface area contributed by atoms with E-state index in [-0.39, 0.29) is 0 Å². The van der Waals surface area contributed by atoms with Crippen LogP contribution in [-0.2, 0) is 6.42 Å². The minimum atomic E-state index is 0.733. The molecule has 1 aromatic rings. The molecule has 1 aromatic heterocycles. The first-order valence-electron chi connectivity index (χ1n) is 4.42. The van der Waals surface area contributed by atoms with Gasteiger partial charge in [0.15, 0.2) is 0 Å². The molecule has 0 saturated heterocycles. The Balaban J connectivity index is 2.22. The Bertz CT molecular complexity index is 280. The molecule has 12 heavy (non-hydrogen) atoms. The molecule has 2 rings (SSSR count). The molecule has 1 N–H and O–H groups in total. The molecule has 2 nitrogen and oxygen atoms in total. The summed E-state index contributed by atoms with van der Waals surface area (Å²) in [6, 6.07) is 0. The van der Waals surface area contributed by atoms with E-state index in [9.17, 15) is 0 Å². The van der Waals surface area contributed by atoms with E-state index in [2.05, 4.69) is 17.2 Å². The summed E-state index contributed by atoms with van der Waals surface area (Å²) >= 11 is 1.87. The van der Waals surface area contributed by atoms with Crippen molar-refractivity contribution >= 4 is 11.3 Å². The van der Waals surface area contributed by atoms with E-state index in [1.165, 1.54) is 28.4 Å². The van der Waals surface area contributed by atoms with Crippen LogP contribution in [0, 0.1) is 6.92 Å². The Hall–Kier alpha value is -0.410. The molecule has 0 aromatic carbocycles. The quantitative estimate of drug-likeness (QED) is 0.753. The average molecular weight is 182 g/mol. The van der Waals surface area contributed by atoms with E-state index >= 15 is 0 Å². The zero-order valence-corrected chi connectivity index (χ0v) is 8.37. The van der Waals surface area contributed by atoms with E-state index in [0.717, 1.165) is 12.5 Å². The van der Waals surface area contributed by atoms with Gasteiger partial charge in [-0.05, 0) is 26.8 Å². The highest BCUT2D eigenvalue weighted by Gasteiger charge is 2.25. The highest BCUT2D eigenvalue weighted by atomic mass is 32.1. The van der Waals surface area contributed by atoms with Gasteiger partial charge in [0.25, 0.3) is 0 Å². The molecule has 1 atom stereocenters. The van der Waals surface area contributed by atoms with Crippen molar-refractivity contribution in [2.24, 2.45) is 0 Å². The van der Waals surface area contributed by atoms with E-state index < -0.39 is 0 Å². The molecule has 0 aliphatic heterocycles. The highest BCUT2D eigenvalue weighted by molar-refractivity contribution is 7.11. The third kappa shape index (κ3) is 1.27. The summed E-state index contributed by atoms with van der Waals surface area (Å²) in [5, 5.41) is 4.46. The van der Waals surface area contributed by atoms with Crippen molar-refractivity contribution in [2.45, 2.75) is 25.7 Å². The van der Waals surface area contributed by atoms with Crippen molar-refractivity contribution in [3.8, 4) is 0 Å². The number of nitrogens with zero attached hydrogens (tertiary/aromatic N) is 1. The lowest BCUT2D eigenvalue weighted by Gasteiger charge is -2.06. The minimum absolute atomic E-state index is 0.733. The Morgan fingerprint density at radius 2 is 2.50 bits per heavy atom. The van der Waals surface area contributed by atoms with Crippen LogP contribution in [0.4, 0.5) is 0 Å². The number of nitrogens with one attached hydrogen (secondary N) is 1. The molecular weight excluding hydrogens is 168 g/mol. The summed E-state index contributed by atoms with van der Waals surface area (Å²) in [7, 11) is 2.02. The number of hydrogen-bond acceptors (Lipinski definition) is 3. The van der Waals surface area contributed by atoms with Crippen LogP contribution in [0.3, 0.4) is 0 Å². The standard InChI is InChI=1S/C9H14N2S/c1-6-11-8-4-3-7(5-10-2)9(8)12-6/h7,10H,3-5H2,1-2H3. The molecular formula is C9H14N2S. The molecule has 0 radical (unpaired) electrons. The van der Waals surface area contributed by atoms with Gasteiger partial charge in [0.2, 0.25) is 0 Å². The lowest BCUT2D eigenvalue weighted by Crippen LogP contribution is -2.14. The molecule has 1 unspecified atom stereocenters. The minimum Gasteiger partial charge on any atom is -0.319 e. The van der Waals surface area contributed by atoms with Crippen LogP contribution in [-0.4, -0.2) is 18.6 Å². The number of aryl methyl sites for hydroxylation is 2. The molecule has 0 spiro atoms. The van der Waals surface area contributed by atoms with Crippen LogP contribution in [0.5, 0.6) is 0 Å². The monoisotopic (exact) mass is 182 g/mol. The average Bonchev–Trinajstić information content (AvgIpc) is 2.52. The topological polar surface area (TPSA) is 24.9 Å². The number of thiazole rings is 1. The summed E-state index contributed by atoms with van der Waals surface area (Å²) in [4.78, 5) is 6.04. The van der Waals surface area contributed by atoms with Crippen molar-refractivity contribution in [3.05, 3.63) is 15.6 Å². The molecule has 1 heterocycles. The second-order valence-corrected chi connectivity index (χ2v) is 4.57. The van der Waals surface area contributed by atoms with Crippen LogP contribution in [0.25, 0.3) is 0 Å². The van der Waals surface area contributed by atoms with Gasteiger partial charge in [-0.1, -0.05) is 0 Å². The second-order valence-electron chi connectivity index (χ2n) is 3.34. The van der Waals surface area contributed by atoms with Gasteiger partial charge in [0, 0.05) is 17.3 Å². The second kappa shape index (κ2) is 3.15. The Morgan fingerprint density at radius 3 is 3.25 bits per heavy atom. The summed E-state index contributed by atoms with van der Waals surface area (Å²) in [6.07, 6.45) is 2.47. The van der Waals surface area contributed by atoms with Crippen LogP contribution in [0.15, 0.2) is 0 Å². The largest absolute Gasteiger partial charge is 0.319 e. The third-order valence-corrected chi connectivity index (χ3v) is 3.56. The first-order valence-corrected chi connectivity index (χ1v) is 5.23. The van der Waals surface area contributed by atoms with E-state index in [0.29, 0.717) is 0 Å². The van der Waals surface area contributed by atoms with Crippen molar-refractivity contribution in [1.82, 2.24) is 10.3 Å². The molecule has 1 aliphatic rings. The van der Waals surface area contributed by atoms with Gasteiger partial charge >= 0.3 is 0 Å². The lowest BCUT2D eigenvalue weighted by molar-refractivity contribution is 0.628. The molecule has 3 heteroatoms. The van der Waals surface area contributed by atoms with E-state index in [1.807, 2.05) is 18.4 Å². The maximum absolute atomic E-state index is 4.51. The summed E-state index contributed by atoms with van der Waals surface area (Å²) in [5.41, 5.74) is 1.36. The van der Waals surface area contributed by atoms with Crippen molar-refractivity contribution in [2.75, 3.05) is 13.6 Å². The molecule has 0 saturated carbocycles. The molecule has 0 bridgehead atoms. The molecule has 66 valence electrons. The lowest BCUT2D eigenvalue weighted by atomic mass is 10.1. The van der Waals surface area contributed by atoms with Gasteiger partial charge in [0.1, 0.15) is 0 Å². The maximum Gasteiger partial charge on any atom is 0.0900 e. The van der Waals surface area contributed by atoms with Gasteiger partial charge < -0.3 is 5.32 Å². The smallest absolute Gasteiger partial charge is 0.0900 e. The van der Waals surface area contributed by atoms with Gasteiger partial charge in [-0.15, -0.1) is 11.3 Å². The maximum atomic E-state index is 4.51. The van der Waals surface area contributed by atoms with Gasteiger partial charge in [-0.25, -0.2) is 4.98 Å². The highest BCUT2D eigenvalue weighted by Crippen LogP contribution is 2.36. The fourth-order valence-electron chi connectivity index (χ4n) is 1.87. The van der Waals surface area contributed by atoms with Gasteiger partial charge in [-0.3, -0.25) is 0 Å². The number of aromatic nitrogens is 1. The molecule has 1 aliphatic carbocycles. The van der Waals surface area contributed by atoms with Crippen molar-refractivity contribution in [1.29, 1.82) is 0 Å². The van der Waals surface area contributed by atoms with Crippen molar-refractivity contribution < 1.29 is 0 Å². The van der Waals surface area contributed by atoms with Crippen LogP contribution < -0.4 is 5.32 Å². The third-order valence-electron chi connectivity index (χ3n) is 2.39. The number of rotatable bonds is 2. The van der Waals surface area contributed by atoms with Crippen LogP contribution in [0.1, 0.15) is 27.9 Å². The number of fused-ring (bicyclic) bond motifs is 1. The zero-order valence-electron chi connectivity index (χ0n) is 7.55. The molecule has 0 fully saturated rings. The SMILES string of the molecule is CNCC1CCc2nc(C)sc21. The fraction of sp³-hybridized carbons (Fsp3) is 0.667. The first-order chi connectivity index (χ1) is 5.81. The normalized spacial score (nSPS) is 21.3. The zero-order chi connectivity index (χ0) is 8.55. The molecule has 0 amide bonds. The number of likely N-dealkylation sites (N-methyl/N-ethyl adjacent to an activating group) is 1. The van der Waals surface area contributed by atoms with E-state index in [1.54, 1.807) is 0 Å². The van der Waals surface area contributed by atoms with E-state index in [4.69, 9.17) is 0 Å². The summed E-state index contributed by atoms with van der Waals surface area (Å²) in [5.74, 6) is 0.733.